The van der Waals surface area contributed by atoms with E-state index in [1.807, 2.05) is 12.1 Å². The van der Waals surface area contributed by atoms with Gasteiger partial charge in [0.2, 0.25) is 5.91 Å². The molecule has 0 unspecified atom stereocenters. The largest absolute Gasteiger partial charge is 0.491 e. The number of rotatable bonds is 9. The number of benzene rings is 1. The maximum atomic E-state index is 13.5. The van der Waals surface area contributed by atoms with Crippen molar-refractivity contribution in [2.45, 2.75) is 39.8 Å². The van der Waals surface area contributed by atoms with Gasteiger partial charge in [-0.2, -0.15) is 0 Å². The third kappa shape index (κ3) is 6.42. The Labute approximate surface area is 232 Å². The van der Waals surface area contributed by atoms with Gasteiger partial charge in [0.25, 0.3) is 11.5 Å². The van der Waals surface area contributed by atoms with Crippen molar-refractivity contribution >= 4 is 34.4 Å². The maximum Gasteiger partial charge on any atom is 0.265 e. The molecule has 2 fully saturated rings. The summed E-state index contributed by atoms with van der Waals surface area (Å²) in [6.07, 6.45) is 4.00. The molecule has 1 N–H and O–H groups in total. The SMILES string of the molecule is CC1(C)CN(C(=O)Cn2c(=O)c(C(=O)NCc3ccc(Cl)cc3)cc3cc(OCCN4CCCC4)cnc32)C1. The molecule has 3 aromatic rings. The fourth-order valence-corrected chi connectivity index (χ4v) is 5.34. The monoisotopic (exact) mass is 551 g/mol. The first-order valence-electron chi connectivity index (χ1n) is 13.4. The van der Waals surface area contributed by atoms with Crippen LogP contribution in [0, 0.1) is 5.41 Å². The molecule has 2 aromatic heterocycles. The highest BCUT2D eigenvalue weighted by Crippen LogP contribution is 2.29. The van der Waals surface area contributed by atoms with Crippen molar-refractivity contribution in [2.24, 2.45) is 5.41 Å². The Balaban J connectivity index is 1.40. The molecule has 2 amide bonds. The molecule has 0 aliphatic carbocycles. The van der Waals surface area contributed by atoms with Crippen LogP contribution in [0.1, 0.15) is 42.6 Å². The van der Waals surface area contributed by atoms with Crippen LogP contribution >= 0.6 is 11.6 Å². The highest BCUT2D eigenvalue weighted by molar-refractivity contribution is 6.30. The van der Waals surface area contributed by atoms with Gasteiger partial charge in [0.15, 0.2) is 0 Å². The Morgan fingerprint density at radius 1 is 1.10 bits per heavy atom. The number of fused-ring (bicyclic) bond motifs is 1. The quantitative estimate of drug-likeness (QED) is 0.438. The van der Waals surface area contributed by atoms with E-state index in [9.17, 15) is 14.4 Å². The lowest BCUT2D eigenvalue weighted by molar-refractivity contribution is -0.142. The first-order valence-corrected chi connectivity index (χ1v) is 13.8. The highest BCUT2D eigenvalue weighted by atomic mass is 35.5. The molecule has 0 saturated carbocycles. The van der Waals surface area contributed by atoms with E-state index in [-0.39, 0.29) is 30.0 Å². The van der Waals surface area contributed by atoms with Crippen LogP contribution in [0.15, 0.2) is 47.4 Å². The maximum absolute atomic E-state index is 13.5. The van der Waals surface area contributed by atoms with Crippen LogP contribution in [-0.2, 0) is 17.9 Å². The Morgan fingerprint density at radius 2 is 1.82 bits per heavy atom. The summed E-state index contributed by atoms with van der Waals surface area (Å²) in [5.74, 6) is -0.150. The second kappa shape index (κ2) is 11.4. The van der Waals surface area contributed by atoms with Gasteiger partial charge in [0.05, 0.1) is 6.20 Å². The van der Waals surface area contributed by atoms with E-state index < -0.39 is 11.5 Å². The Bertz CT molecular complexity index is 1420. The van der Waals surface area contributed by atoms with Crippen molar-refractivity contribution < 1.29 is 14.3 Å². The van der Waals surface area contributed by atoms with Crippen LogP contribution in [0.25, 0.3) is 11.0 Å². The molecule has 0 spiro atoms. The summed E-state index contributed by atoms with van der Waals surface area (Å²) in [5, 5.41) is 3.97. The van der Waals surface area contributed by atoms with Crippen molar-refractivity contribution in [2.75, 3.05) is 39.3 Å². The van der Waals surface area contributed by atoms with Crippen molar-refractivity contribution in [3.05, 3.63) is 69.1 Å². The molecule has 2 saturated heterocycles. The molecule has 4 heterocycles. The van der Waals surface area contributed by atoms with E-state index >= 15 is 0 Å². The Kier molecular flexibility index (Phi) is 7.91. The number of nitrogens with zero attached hydrogens (tertiary/aromatic N) is 4. The molecule has 0 bridgehead atoms. The minimum absolute atomic E-state index is 0.0516. The van der Waals surface area contributed by atoms with Crippen molar-refractivity contribution in [3.63, 3.8) is 0 Å². The van der Waals surface area contributed by atoms with Gasteiger partial charge in [-0.1, -0.05) is 37.6 Å². The van der Waals surface area contributed by atoms with E-state index in [0.29, 0.717) is 41.5 Å². The fourth-order valence-electron chi connectivity index (χ4n) is 5.21. The number of pyridine rings is 2. The van der Waals surface area contributed by atoms with Crippen LogP contribution in [-0.4, -0.2) is 70.5 Å². The zero-order chi connectivity index (χ0) is 27.6. The van der Waals surface area contributed by atoms with Gasteiger partial charge in [-0.15, -0.1) is 0 Å². The molecule has 5 rings (SSSR count). The van der Waals surface area contributed by atoms with Gasteiger partial charge in [-0.25, -0.2) is 4.98 Å². The van der Waals surface area contributed by atoms with Gasteiger partial charge in [-0.05, 0) is 61.2 Å². The fraction of sp³-hybridized carbons (Fsp3) is 0.448. The third-order valence-electron chi connectivity index (χ3n) is 7.27. The van der Waals surface area contributed by atoms with Crippen LogP contribution < -0.4 is 15.6 Å². The first kappa shape index (κ1) is 27.1. The molecule has 206 valence electrons. The lowest BCUT2D eigenvalue weighted by Crippen LogP contribution is -2.56. The topological polar surface area (TPSA) is 96.8 Å². The number of nitrogens with one attached hydrogen (secondary N) is 1. The van der Waals surface area contributed by atoms with Crippen molar-refractivity contribution in [1.82, 2.24) is 24.7 Å². The molecular weight excluding hydrogens is 518 g/mol. The summed E-state index contributed by atoms with van der Waals surface area (Å²) in [6, 6.07) is 10.4. The normalized spacial score (nSPS) is 16.7. The molecule has 39 heavy (non-hydrogen) atoms. The molecule has 0 radical (unpaired) electrons. The molecule has 0 atom stereocenters. The average molecular weight is 552 g/mol. The lowest BCUT2D eigenvalue weighted by atomic mass is 9.84. The minimum atomic E-state index is -0.556. The summed E-state index contributed by atoms with van der Waals surface area (Å²) in [6.45, 7) is 9.00. The Hall–Kier alpha value is -3.43. The van der Waals surface area contributed by atoms with Gasteiger partial charge in [0.1, 0.15) is 30.1 Å². The van der Waals surface area contributed by atoms with Gasteiger partial charge < -0.3 is 15.0 Å². The zero-order valence-corrected chi connectivity index (χ0v) is 23.2. The number of amides is 2. The molecule has 2 aliphatic heterocycles. The number of halogens is 1. The first-order chi connectivity index (χ1) is 18.7. The van der Waals surface area contributed by atoms with E-state index in [0.717, 1.165) is 25.2 Å². The van der Waals surface area contributed by atoms with E-state index in [1.54, 1.807) is 29.3 Å². The van der Waals surface area contributed by atoms with Crippen LogP contribution in [0.4, 0.5) is 0 Å². The summed E-state index contributed by atoms with van der Waals surface area (Å²) in [4.78, 5) is 48.3. The number of hydrogen-bond donors (Lipinski definition) is 1. The third-order valence-corrected chi connectivity index (χ3v) is 7.52. The van der Waals surface area contributed by atoms with Gasteiger partial charge in [0, 0.05) is 36.6 Å². The molecule has 10 heteroatoms. The van der Waals surface area contributed by atoms with Gasteiger partial charge >= 0.3 is 0 Å². The minimum Gasteiger partial charge on any atom is -0.491 e. The number of hydrogen-bond acceptors (Lipinski definition) is 6. The molecule has 2 aliphatic rings. The predicted molar refractivity (Wildman–Crippen MR) is 150 cm³/mol. The van der Waals surface area contributed by atoms with Crippen LogP contribution in [0.3, 0.4) is 0 Å². The summed E-state index contributed by atoms with van der Waals surface area (Å²) >= 11 is 5.95. The second-order valence-corrected chi connectivity index (χ2v) is 11.6. The highest BCUT2D eigenvalue weighted by Gasteiger charge is 2.37. The van der Waals surface area contributed by atoms with Crippen LogP contribution in [0.2, 0.25) is 5.02 Å². The number of carbonyl (C=O) groups excluding carboxylic acids is 2. The Morgan fingerprint density at radius 3 is 2.51 bits per heavy atom. The summed E-state index contributed by atoms with van der Waals surface area (Å²) < 4.78 is 7.25. The lowest BCUT2D eigenvalue weighted by Gasteiger charge is -2.45. The summed E-state index contributed by atoms with van der Waals surface area (Å²) in [5.41, 5.74) is 0.642. The summed E-state index contributed by atoms with van der Waals surface area (Å²) in [7, 11) is 0. The number of ether oxygens (including phenoxy) is 1. The standard InChI is InChI=1S/C29H34ClN5O4/c1-29(2)18-34(19-29)25(36)17-35-26-21(13-23(16-31-26)39-12-11-33-9-3-4-10-33)14-24(28(35)38)27(37)32-15-20-5-7-22(30)8-6-20/h5-8,13-14,16H,3-4,9-12,15,17-19H2,1-2H3,(H,32,37). The van der Waals surface area contributed by atoms with E-state index in [2.05, 4.69) is 29.0 Å². The smallest absolute Gasteiger partial charge is 0.265 e. The molecule has 1 aromatic carbocycles. The van der Waals surface area contributed by atoms with Crippen molar-refractivity contribution in [3.8, 4) is 5.75 Å². The predicted octanol–water partition coefficient (Wildman–Crippen LogP) is 3.32. The zero-order valence-electron chi connectivity index (χ0n) is 22.4. The second-order valence-electron chi connectivity index (χ2n) is 11.2. The van der Waals surface area contributed by atoms with E-state index in [4.69, 9.17) is 16.3 Å². The van der Waals surface area contributed by atoms with Gasteiger partial charge in [-0.3, -0.25) is 23.9 Å². The van der Waals surface area contributed by atoms with Crippen molar-refractivity contribution in [1.29, 1.82) is 0 Å². The number of aromatic nitrogens is 2. The molecular formula is C29H34ClN5O4. The van der Waals surface area contributed by atoms with Crippen LogP contribution in [0.5, 0.6) is 5.75 Å². The number of carbonyl (C=O) groups is 2. The number of likely N-dealkylation sites (tertiary alicyclic amines) is 2. The van der Waals surface area contributed by atoms with E-state index in [1.165, 1.54) is 23.5 Å². The average Bonchev–Trinajstić information content (AvgIpc) is 3.41. The molecule has 9 nitrogen and oxygen atoms in total.